The van der Waals surface area contributed by atoms with E-state index < -0.39 is 5.91 Å². The highest BCUT2D eigenvalue weighted by atomic mass is 16.5. The first-order valence-corrected chi connectivity index (χ1v) is 7.12. The zero-order valence-electron chi connectivity index (χ0n) is 12.9. The van der Waals surface area contributed by atoms with Crippen LogP contribution in [0, 0.1) is 6.92 Å². The summed E-state index contributed by atoms with van der Waals surface area (Å²) in [4.78, 5) is 25.5. The van der Waals surface area contributed by atoms with E-state index in [1.165, 1.54) is 7.11 Å². The van der Waals surface area contributed by atoms with E-state index in [0.29, 0.717) is 28.1 Å². The van der Waals surface area contributed by atoms with E-state index in [-0.39, 0.29) is 5.56 Å². The van der Waals surface area contributed by atoms with Crippen molar-refractivity contribution in [1.29, 1.82) is 0 Å². The monoisotopic (exact) mass is 308 g/mol. The molecule has 1 heterocycles. The molecule has 0 aliphatic heterocycles. The Bertz CT molecular complexity index is 974. The minimum Gasteiger partial charge on any atom is -0.496 e. The summed E-state index contributed by atoms with van der Waals surface area (Å²) in [6.45, 7) is 1.68. The molecule has 116 valence electrons. The highest BCUT2D eigenvalue weighted by molar-refractivity contribution is 6.03. The Morgan fingerprint density at radius 2 is 1.87 bits per heavy atom. The van der Waals surface area contributed by atoms with E-state index in [9.17, 15) is 9.59 Å². The molecule has 0 unspecified atom stereocenters. The number of nitrogens with zero attached hydrogens (tertiary/aromatic N) is 1. The Balaban J connectivity index is 2.35. The third-order valence-corrected chi connectivity index (χ3v) is 3.75. The number of carbonyl (C=O) groups is 1. The molecule has 23 heavy (non-hydrogen) atoms. The van der Waals surface area contributed by atoms with Gasteiger partial charge in [0.25, 0.3) is 11.5 Å². The van der Waals surface area contributed by atoms with Crippen LogP contribution in [0.1, 0.15) is 15.9 Å². The largest absolute Gasteiger partial charge is 0.496 e. The highest BCUT2D eigenvalue weighted by Gasteiger charge is 2.18. The minimum absolute atomic E-state index is 0.325. The molecule has 0 spiro atoms. The number of carbonyl (C=O) groups excluding carboxylic acids is 1. The first-order chi connectivity index (χ1) is 11.0. The number of nitrogen functional groups attached to an aromatic ring is 1. The second-order valence-corrected chi connectivity index (χ2v) is 5.29. The molecule has 1 aromatic heterocycles. The van der Waals surface area contributed by atoms with Crippen LogP contribution in [-0.4, -0.2) is 17.6 Å². The maximum absolute atomic E-state index is 13.0. The minimum atomic E-state index is -0.438. The van der Waals surface area contributed by atoms with Crippen LogP contribution in [0.4, 0.5) is 5.69 Å². The molecule has 0 aliphatic carbocycles. The van der Waals surface area contributed by atoms with Gasteiger partial charge in [0.1, 0.15) is 5.75 Å². The average Bonchev–Trinajstić information content (AvgIpc) is 2.56. The second-order valence-electron chi connectivity index (χ2n) is 5.29. The van der Waals surface area contributed by atoms with Crippen LogP contribution in [0.5, 0.6) is 5.75 Å². The number of aryl methyl sites for hydroxylation is 1. The van der Waals surface area contributed by atoms with Gasteiger partial charge in [-0.3, -0.25) is 9.59 Å². The van der Waals surface area contributed by atoms with Crippen LogP contribution in [0.3, 0.4) is 0 Å². The van der Waals surface area contributed by atoms with E-state index >= 15 is 0 Å². The fourth-order valence-corrected chi connectivity index (χ4v) is 2.60. The predicted octanol–water partition coefficient (Wildman–Crippen LogP) is 2.59. The van der Waals surface area contributed by atoms with Crippen molar-refractivity contribution in [3.63, 3.8) is 0 Å². The molecular formula is C18H16N2O3. The van der Waals surface area contributed by atoms with E-state index in [1.54, 1.807) is 55.5 Å². The van der Waals surface area contributed by atoms with Crippen LogP contribution >= 0.6 is 0 Å². The molecule has 5 heteroatoms. The number of benzene rings is 2. The van der Waals surface area contributed by atoms with Gasteiger partial charge in [-0.2, -0.15) is 0 Å². The summed E-state index contributed by atoms with van der Waals surface area (Å²) in [5.41, 5.74) is 7.25. The van der Waals surface area contributed by atoms with Gasteiger partial charge < -0.3 is 10.5 Å². The molecule has 0 atom stereocenters. The number of para-hydroxylation sites is 1. The predicted molar refractivity (Wildman–Crippen MR) is 90.1 cm³/mol. The summed E-state index contributed by atoms with van der Waals surface area (Å²) in [6.07, 6.45) is 0. The summed E-state index contributed by atoms with van der Waals surface area (Å²) >= 11 is 0. The summed E-state index contributed by atoms with van der Waals surface area (Å²) in [5.74, 6) is -0.0188. The number of hydrogen-bond donors (Lipinski definition) is 1. The quantitative estimate of drug-likeness (QED) is 0.738. The lowest BCUT2D eigenvalue weighted by atomic mass is 10.1. The third kappa shape index (κ3) is 2.46. The number of ether oxygens (including phenoxy) is 1. The number of methoxy groups -OCH3 is 1. The van der Waals surface area contributed by atoms with Gasteiger partial charge in [-0.1, -0.05) is 18.2 Å². The van der Waals surface area contributed by atoms with Crippen molar-refractivity contribution in [1.82, 2.24) is 4.57 Å². The van der Waals surface area contributed by atoms with Gasteiger partial charge in [0.2, 0.25) is 0 Å². The van der Waals surface area contributed by atoms with Gasteiger partial charge in [0.15, 0.2) is 0 Å². The van der Waals surface area contributed by atoms with Crippen molar-refractivity contribution >= 4 is 22.5 Å². The Morgan fingerprint density at radius 3 is 2.61 bits per heavy atom. The van der Waals surface area contributed by atoms with E-state index in [1.807, 2.05) is 0 Å². The van der Waals surface area contributed by atoms with Gasteiger partial charge in [-0.05, 0) is 42.6 Å². The molecular weight excluding hydrogens is 292 g/mol. The Labute approximate surface area is 132 Å². The summed E-state index contributed by atoms with van der Waals surface area (Å²) in [6, 6.07) is 13.7. The van der Waals surface area contributed by atoms with Crippen molar-refractivity contribution in [2.75, 3.05) is 12.8 Å². The Hall–Kier alpha value is -3.08. The smallest absolute Gasteiger partial charge is 0.269 e. The highest BCUT2D eigenvalue weighted by Crippen LogP contribution is 2.22. The summed E-state index contributed by atoms with van der Waals surface area (Å²) in [5, 5.41) is 0.777. The van der Waals surface area contributed by atoms with Gasteiger partial charge >= 0.3 is 0 Å². The molecule has 0 saturated carbocycles. The molecule has 0 saturated heterocycles. The van der Waals surface area contributed by atoms with Crippen molar-refractivity contribution in [2.45, 2.75) is 6.92 Å². The van der Waals surface area contributed by atoms with E-state index in [0.717, 1.165) is 9.95 Å². The number of aromatic nitrogens is 1. The van der Waals surface area contributed by atoms with Crippen LogP contribution in [0.25, 0.3) is 10.9 Å². The number of rotatable bonds is 2. The lowest BCUT2D eigenvalue weighted by Crippen LogP contribution is -2.29. The second kappa shape index (κ2) is 5.61. The van der Waals surface area contributed by atoms with Crippen LogP contribution in [0.15, 0.2) is 53.3 Å². The number of fused-ring (bicyclic) bond motifs is 1. The van der Waals surface area contributed by atoms with Crippen molar-refractivity contribution in [3.05, 3.63) is 70.0 Å². The average molecular weight is 308 g/mol. The zero-order chi connectivity index (χ0) is 16.6. The fourth-order valence-electron chi connectivity index (χ4n) is 2.60. The van der Waals surface area contributed by atoms with Gasteiger partial charge in [0, 0.05) is 11.3 Å². The van der Waals surface area contributed by atoms with Gasteiger partial charge in [0.05, 0.1) is 18.2 Å². The molecule has 5 nitrogen and oxygen atoms in total. The molecule has 2 aromatic carbocycles. The first kappa shape index (κ1) is 14.8. The Kier molecular flexibility index (Phi) is 3.62. The molecule has 3 rings (SSSR count). The maximum atomic E-state index is 13.0. The summed E-state index contributed by atoms with van der Waals surface area (Å²) in [7, 11) is 1.49. The normalized spacial score (nSPS) is 10.7. The number of pyridine rings is 1. The lowest BCUT2D eigenvalue weighted by Gasteiger charge is -2.13. The molecule has 0 fully saturated rings. The van der Waals surface area contributed by atoms with Crippen molar-refractivity contribution in [3.8, 4) is 5.75 Å². The third-order valence-electron chi connectivity index (χ3n) is 3.75. The molecule has 0 amide bonds. The molecule has 0 aliphatic rings. The fraction of sp³-hybridized carbons (Fsp3) is 0.111. The topological polar surface area (TPSA) is 74.3 Å². The molecule has 2 N–H and O–H groups in total. The van der Waals surface area contributed by atoms with Gasteiger partial charge in [-0.25, -0.2) is 4.57 Å². The number of nitrogens with two attached hydrogens (primary N) is 1. The van der Waals surface area contributed by atoms with Crippen molar-refractivity contribution < 1.29 is 9.53 Å². The molecule has 0 bridgehead atoms. The zero-order valence-corrected chi connectivity index (χ0v) is 12.9. The first-order valence-electron chi connectivity index (χ1n) is 7.12. The molecule has 3 aromatic rings. The standard InChI is InChI=1S/C18H16N2O3/c1-11-9-12-7-8-13(19)10-15(12)20(17(11)21)18(22)14-5-3-4-6-16(14)23-2/h3-10H,19H2,1-2H3. The van der Waals surface area contributed by atoms with E-state index in [4.69, 9.17) is 10.5 Å². The van der Waals surface area contributed by atoms with Gasteiger partial charge in [-0.15, -0.1) is 0 Å². The van der Waals surface area contributed by atoms with Crippen LogP contribution in [-0.2, 0) is 0 Å². The number of hydrogen-bond acceptors (Lipinski definition) is 4. The van der Waals surface area contributed by atoms with Crippen molar-refractivity contribution in [2.24, 2.45) is 0 Å². The van der Waals surface area contributed by atoms with Crippen LogP contribution in [0.2, 0.25) is 0 Å². The van der Waals surface area contributed by atoms with Crippen LogP contribution < -0.4 is 16.0 Å². The lowest BCUT2D eigenvalue weighted by molar-refractivity contribution is 0.0958. The Morgan fingerprint density at radius 1 is 1.13 bits per heavy atom. The molecule has 0 radical (unpaired) electrons. The summed E-state index contributed by atoms with van der Waals surface area (Å²) < 4.78 is 6.38. The maximum Gasteiger partial charge on any atom is 0.269 e. The van der Waals surface area contributed by atoms with E-state index in [2.05, 4.69) is 0 Å². The number of anilines is 1. The SMILES string of the molecule is COc1ccccc1C(=O)n1c(=O)c(C)cc2ccc(N)cc21.